The van der Waals surface area contributed by atoms with Crippen LogP contribution in [0, 0.1) is 0 Å². The molecule has 2 rings (SSSR count). The van der Waals surface area contributed by atoms with Crippen LogP contribution >= 0.6 is 24.2 Å². The molecular formula is C13H19ClN2O2S. The fourth-order valence-electron chi connectivity index (χ4n) is 1.94. The van der Waals surface area contributed by atoms with Gasteiger partial charge in [0.15, 0.2) is 0 Å². The van der Waals surface area contributed by atoms with Crippen LogP contribution in [0.5, 0.6) is 5.75 Å². The zero-order valence-electron chi connectivity index (χ0n) is 10.9. The van der Waals surface area contributed by atoms with Gasteiger partial charge in [0.25, 0.3) is 0 Å². The Morgan fingerprint density at radius 3 is 3.00 bits per heavy atom. The summed E-state index contributed by atoms with van der Waals surface area (Å²) in [7, 11) is 1.64. The standard InChI is InChI=1S/C13H18N2O2S.ClH/c1-17-11-3-2-4-12(7-11)18-9-13(16)15-6-5-10(14)8-15;/h2-4,7,10H,5-6,8-9,14H2,1H3;1H/t10-;/m1./s1. The van der Waals surface area contributed by atoms with Gasteiger partial charge in [0, 0.05) is 24.0 Å². The van der Waals surface area contributed by atoms with Gasteiger partial charge in [0.2, 0.25) is 5.91 Å². The number of likely N-dealkylation sites (tertiary alicyclic amines) is 1. The Hall–Kier alpha value is -0.910. The maximum Gasteiger partial charge on any atom is 0.232 e. The van der Waals surface area contributed by atoms with Crippen LogP contribution in [-0.4, -0.2) is 42.8 Å². The number of rotatable bonds is 4. The van der Waals surface area contributed by atoms with Crippen molar-refractivity contribution >= 4 is 30.1 Å². The zero-order valence-corrected chi connectivity index (χ0v) is 12.5. The maximum absolute atomic E-state index is 11.9. The molecule has 1 aliphatic heterocycles. The fraction of sp³-hybridized carbons (Fsp3) is 0.462. The predicted molar refractivity (Wildman–Crippen MR) is 80.1 cm³/mol. The molecule has 1 aliphatic rings. The van der Waals surface area contributed by atoms with E-state index in [0.29, 0.717) is 12.3 Å². The Morgan fingerprint density at radius 1 is 1.58 bits per heavy atom. The molecular weight excluding hydrogens is 284 g/mol. The Bertz CT molecular complexity index is 431. The quantitative estimate of drug-likeness (QED) is 0.861. The van der Waals surface area contributed by atoms with E-state index in [2.05, 4.69) is 0 Å². The highest BCUT2D eigenvalue weighted by atomic mass is 35.5. The maximum atomic E-state index is 11.9. The van der Waals surface area contributed by atoms with Gasteiger partial charge in [-0.2, -0.15) is 0 Å². The largest absolute Gasteiger partial charge is 0.497 e. The van der Waals surface area contributed by atoms with Crippen molar-refractivity contribution in [3.63, 3.8) is 0 Å². The lowest BCUT2D eigenvalue weighted by Gasteiger charge is -2.15. The van der Waals surface area contributed by atoms with Crippen molar-refractivity contribution in [1.29, 1.82) is 0 Å². The second-order valence-corrected chi connectivity index (χ2v) is 5.40. The summed E-state index contributed by atoms with van der Waals surface area (Å²) in [5, 5.41) is 0. The topological polar surface area (TPSA) is 55.6 Å². The monoisotopic (exact) mass is 302 g/mol. The Labute approximate surface area is 124 Å². The van der Waals surface area contributed by atoms with E-state index >= 15 is 0 Å². The molecule has 0 radical (unpaired) electrons. The lowest BCUT2D eigenvalue weighted by atomic mass is 10.3. The molecule has 0 saturated carbocycles. The molecule has 1 heterocycles. The summed E-state index contributed by atoms with van der Waals surface area (Å²) in [5.74, 6) is 1.44. The van der Waals surface area contributed by atoms with Crippen LogP contribution in [0.25, 0.3) is 0 Å². The van der Waals surface area contributed by atoms with Crippen LogP contribution < -0.4 is 10.5 Å². The van der Waals surface area contributed by atoms with E-state index in [1.807, 2.05) is 29.2 Å². The minimum absolute atomic E-state index is 0. The van der Waals surface area contributed by atoms with E-state index in [0.717, 1.165) is 23.6 Å². The van der Waals surface area contributed by atoms with Crippen molar-refractivity contribution in [2.75, 3.05) is 26.0 Å². The van der Waals surface area contributed by atoms with E-state index < -0.39 is 0 Å². The molecule has 1 amide bonds. The number of amides is 1. The molecule has 0 aromatic heterocycles. The van der Waals surface area contributed by atoms with Crippen LogP contribution in [-0.2, 0) is 4.79 Å². The van der Waals surface area contributed by atoms with Gasteiger partial charge in [-0.1, -0.05) is 6.07 Å². The minimum atomic E-state index is 0. The van der Waals surface area contributed by atoms with Gasteiger partial charge >= 0.3 is 0 Å². The first-order valence-electron chi connectivity index (χ1n) is 5.99. The summed E-state index contributed by atoms with van der Waals surface area (Å²) in [6.07, 6.45) is 0.912. The third-order valence-electron chi connectivity index (χ3n) is 2.98. The SMILES string of the molecule is COc1cccc(SCC(=O)N2CC[C@@H](N)C2)c1.Cl. The van der Waals surface area contributed by atoms with E-state index in [9.17, 15) is 4.79 Å². The fourth-order valence-corrected chi connectivity index (χ4v) is 2.79. The number of ether oxygens (including phenoxy) is 1. The molecule has 0 spiro atoms. The lowest BCUT2D eigenvalue weighted by molar-refractivity contribution is -0.127. The van der Waals surface area contributed by atoms with E-state index in [-0.39, 0.29) is 24.4 Å². The van der Waals surface area contributed by atoms with Gasteiger partial charge in [0.05, 0.1) is 12.9 Å². The zero-order chi connectivity index (χ0) is 13.0. The Morgan fingerprint density at radius 2 is 2.37 bits per heavy atom. The molecule has 106 valence electrons. The molecule has 6 heteroatoms. The number of benzene rings is 1. The van der Waals surface area contributed by atoms with Crippen LogP contribution in [0.1, 0.15) is 6.42 Å². The van der Waals surface area contributed by atoms with Gasteiger partial charge in [-0.05, 0) is 24.6 Å². The smallest absolute Gasteiger partial charge is 0.232 e. The van der Waals surface area contributed by atoms with Crippen molar-refractivity contribution in [3.8, 4) is 5.75 Å². The molecule has 0 unspecified atom stereocenters. The van der Waals surface area contributed by atoms with E-state index in [1.165, 1.54) is 11.8 Å². The number of hydrogen-bond donors (Lipinski definition) is 1. The number of carbonyl (C=O) groups is 1. The van der Waals surface area contributed by atoms with Gasteiger partial charge in [-0.3, -0.25) is 4.79 Å². The van der Waals surface area contributed by atoms with Crippen LogP contribution in [0.3, 0.4) is 0 Å². The van der Waals surface area contributed by atoms with E-state index in [1.54, 1.807) is 7.11 Å². The Kier molecular flexibility index (Phi) is 6.48. The summed E-state index contributed by atoms with van der Waals surface area (Å²) in [6, 6.07) is 7.89. The van der Waals surface area contributed by atoms with Gasteiger partial charge in [-0.15, -0.1) is 24.2 Å². The summed E-state index contributed by atoms with van der Waals surface area (Å²) < 4.78 is 5.15. The first-order valence-corrected chi connectivity index (χ1v) is 6.98. The van der Waals surface area contributed by atoms with Gasteiger partial charge in [-0.25, -0.2) is 0 Å². The van der Waals surface area contributed by atoms with Crippen LogP contribution in [0.15, 0.2) is 29.2 Å². The molecule has 2 N–H and O–H groups in total. The lowest BCUT2D eigenvalue weighted by Crippen LogP contribution is -2.33. The molecule has 0 bridgehead atoms. The number of thioether (sulfide) groups is 1. The number of nitrogens with two attached hydrogens (primary N) is 1. The number of halogens is 1. The molecule has 1 aromatic carbocycles. The highest BCUT2D eigenvalue weighted by Gasteiger charge is 2.23. The summed E-state index contributed by atoms with van der Waals surface area (Å²) in [6.45, 7) is 1.48. The molecule has 0 aliphatic carbocycles. The number of hydrogen-bond acceptors (Lipinski definition) is 4. The third kappa shape index (κ3) is 4.60. The molecule has 1 aromatic rings. The molecule has 1 atom stereocenters. The number of nitrogens with zero attached hydrogens (tertiary/aromatic N) is 1. The normalized spacial score (nSPS) is 18.0. The second kappa shape index (κ2) is 7.62. The van der Waals surface area contributed by atoms with Crippen molar-refractivity contribution in [1.82, 2.24) is 4.90 Å². The van der Waals surface area contributed by atoms with Crippen LogP contribution in [0.4, 0.5) is 0 Å². The summed E-state index contributed by atoms with van der Waals surface area (Å²) in [5.41, 5.74) is 5.79. The average molecular weight is 303 g/mol. The molecule has 1 fully saturated rings. The predicted octanol–water partition coefficient (Wildman–Crippen LogP) is 1.77. The molecule has 19 heavy (non-hydrogen) atoms. The minimum Gasteiger partial charge on any atom is -0.497 e. The Balaban J connectivity index is 0.00000180. The van der Waals surface area contributed by atoms with Crippen molar-refractivity contribution in [2.45, 2.75) is 17.4 Å². The third-order valence-corrected chi connectivity index (χ3v) is 3.96. The summed E-state index contributed by atoms with van der Waals surface area (Å²) >= 11 is 1.53. The molecule has 4 nitrogen and oxygen atoms in total. The first kappa shape index (κ1) is 16.1. The van der Waals surface area contributed by atoms with Gasteiger partial charge < -0.3 is 15.4 Å². The number of carbonyl (C=O) groups excluding carboxylic acids is 1. The van der Waals surface area contributed by atoms with E-state index in [4.69, 9.17) is 10.5 Å². The first-order chi connectivity index (χ1) is 8.69. The van der Waals surface area contributed by atoms with Crippen molar-refractivity contribution in [2.24, 2.45) is 5.73 Å². The van der Waals surface area contributed by atoms with Crippen LogP contribution in [0.2, 0.25) is 0 Å². The van der Waals surface area contributed by atoms with Gasteiger partial charge in [0.1, 0.15) is 5.75 Å². The van der Waals surface area contributed by atoms with Crippen molar-refractivity contribution < 1.29 is 9.53 Å². The average Bonchev–Trinajstić information content (AvgIpc) is 2.83. The van der Waals surface area contributed by atoms with Crippen molar-refractivity contribution in [3.05, 3.63) is 24.3 Å². The number of methoxy groups -OCH3 is 1. The highest BCUT2D eigenvalue weighted by Crippen LogP contribution is 2.23. The second-order valence-electron chi connectivity index (χ2n) is 4.36. The highest BCUT2D eigenvalue weighted by molar-refractivity contribution is 8.00. The molecule has 1 saturated heterocycles. The summed E-state index contributed by atoms with van der Waals surface area (Å²) in [4.78, 5) is 14.8.